The maximum atomic E-state index is 11.9. The van der Waals surface area contributed by atoms with Crippen LogP contribution in [-0.4, -0.2) is 30.4 Å². The molecule has 0 saturated carbocycles. The minimum atomic E-state index is 0.0778. The Morgan fingerprint density at radius 1 is 1.47 bits per heavy atom. The Labute approximate surface area is 119 Å². The van der Waals surface area contributed by atoms with Crippen molar-refractivity contribution < 1.29 is 4.79 Å². The maximum Gasteiger partial charge on any atom is 0.234 e. The van der Waals surface area contributed by atoms with Gasteiger partial charge in [-0.25, -0.2) is 0 Å². The number of halogens is 1. The molecule has 0 aliphatic carbocycles. The summed E-state index contributed by atoms with van der Waals surface area (Å²) in [6.45, 7) is 5.30. The van der Waals surface area contributed by atoms with Crippen molar-refractivity contribution in [1.82, 2.24) is 10.2 Å². The average molecular weight is 281 g/mol. The third-order valence-corrected chi connectivity index (χ3v) is 3.91. The number of nitrogens with zero attached hydrogens (tertiary/aromatic N) is 1. The highest BCUT2D eigenvalue weighted by Gasteiger charge is 2.18. The molecule has 1 fully saturated rings. The highest BCUT2D eigenvalue weighted by atomic mass is 35.5. The van der Waals surface area contributed by atoms with E-state index in [4.69, 9.17) is 11.6 Å². The molecule has 1 aromatic rings. The van der Waals surface area contributed by atoms with Crippen LogP contribution in [0.3, 0.4) is 0 Å². The summed E-state index contributed by atoms with van der Waals surface area (Å²) < 4.78 is 0. The SMILES string of the molecule is C[C@H]1CCCN(CC(=O)NCc2ccccc2Cl)C1. The first kappa shape index (κ1) is 14.4. The number of carbonyl (C=O) groups excluding carboxylic acids is 1. The van der Waals surface area contributed by atoms with Gasteiger partial charge in [-0.3, -0.25) is 9.69 Å². The quantitative estimate of drug-likeness (QED) is 0.920. The maximum absolute atomic E-state index is 11.9. The van der Waals surface area contributed by atoms with Crippen LogP contribution >= 0.6 is 11.6 Å². The lowest BCUT2D eigenvalue weighted by Gasteiger charge is -2.30. The lowest BCUT2D eigenvalue weighted by atomic mass is 10.0. The van der Waals surface area contributed by atoms with Gasteiger partial charge in [-0.1, -0.05) is 36.7 Å². The molecule has 1 atom stereocenters. The Morgan fingerprint density at radius 2 is 2.26 bits per heavy atom. The van der Waals surface area contributed by atoms with Gasteiger partial charge < -0.3 is 5.32 Å². The van der Waals surface area contributed by atoms with E-state index in [9.17, 15) is 4.79 Å². The largest absolute Gasteiger partial charge is 0.351 e. The van der Waals surface area contributed by atoms with Gasteiger partial charge in [0.15, 0.2) is 0 Å². The Hall–Kier alpha value is -1.06. The summed E-state index contributed by atoms with van der Waals surface area (Å²) in [5.74, 6) is 0.777. The number of benzene rings is 1. The van der Waals surface area contributed by atoms with Gasteiger partial charge in [-0.05, 0) is 36.9 Å². The molecule has 1 saturated heterocycles. The van der Waals surface area contributed by atoms with Gasteiger partial charge in [-0.2, -0.15) is 0 Å². The first-order chi connectivity index (χ1) is 9.15. The molecule has 0 aromatic heterocycles. The van der Waals surface area contributed by atoms with E-state index in [1.165, 1.54) is 12.8 Å². The van der Waals surface area contributed by atoms with Crippen LogP contribution < -0.4 is 5.32 Å². The van der Waals surface area contributed by atoms with Gasteiger partial charge in [-0.15, -0.1) is 0 Å². The molecule has 4 heteroatoms. The van der Waals surface area contributed by atoms with Crippen LogP contribution in [0.25, 0.3) is 0 Å². The summed E-state index contributed by atoms with van der Waals surface area (Å²) in [6, 6.07) is 7.60. The molecule has 1 N–H and O–H groups in total. The average Bonchev–Trinajstić information content (AvgIpc) is 2.38. The number of likely N-dealkylation sites (tertiary alicyclic amines) is 1. The summed E-state index contributed by atoms with van der Waals surface area (Å²) in [7, 11) is 0. The number of hydrogen-bond acceptors (Lipinski definition) is 2. The minimum absolute atomic E-state index is 0.0778. The summed E-state index contributed by atoms with van der Waals surface area (Å²) in [6.07, 6.45) is 2.47. The van der Waals surface area contributed by atoms with E-state index in [0.29, 0.717) is 24.0 Å². The van der Waals surface area contributed by atoms with Crippen LogP contribution in [0, 0.1) is 5.92 Å². The number of nitrogens with one attached hydrogen (secondary N) is 1. The molecule has 0 radical (unpaired) electrons. The van der Waals surface area contributed by atoms with Crippen molar-refractivity contribution in [2.75, 3.05) is 19.6 Å². The fourth-order valence-electron chi connectivity index (χ4n) is 2.52. The van der Waals surface area contributed by atoms with Crippen molar-refractivity contribution in [2.24, 2.45) is 5.92 Å². The number of rotatable bonds is 4. The standard InChI is InChI=1S/C15H21ClN2O/c1-12-5-4-8-18(10-12)11-15(19)17-9-13-6-2-3-7-14(13)16/h2-3,6-7,12H,4-5,8-11H2,1H3,(H,17,19)/t12-/m0/s1. The molecule has 1 aliphatic heterocycles. The van der Waals surface area contributed by atoms with Crippen LogP contribution in [0.1, 0.15) is 25.3 Å². The molecular weight excluding hydrogens is 260 g/mol. The van der Waals surface area contributed by atoms with Crippen LogP contribution in [0.2, 0.25) is 5.02 Å². The predicted octanol–water partition coefficient (Wildman–Crippen LogP) is 2.69. The molecule has 3 nitrogen and oxygen atoms in total. The van der Waals surface area contributed by atoms with E-state index >= 15 is 0 Å². The zero-order chi connectivity index (χ0) is 13.7. The van der Waals surface area contributed by atoms with E-state index in [2.05, 4.69) is 17.1 Å². The van der Waals surface area contributed by atoms with Crippen LogP contribution in [0.15, 0.2) is 24.3 Å². The van der Waals surface area contributed by atoms with Crippen molar-refractivity contribution in [1.29, 1.82) is 0 Å². The van der Waals surface area contributed by atoms with Gasteiger partial charge in [0.2, 0.25) is 5.91 Å². The number of amides is 1. The Balaban J connectivity index is 1.77. The van der Waals surface area contributed by atoms with Crippen molar-refractivity contribution in [3.8, 4) is 0 Å². The van der Waals surface area contributed by atoms with E-state index in [1.807, 2.05) is 24.3 Å². The fourth-order valence-corrected chi connectivity index (χ4v) is 2.73. The van der Waals surface area contributed by atoms with Crippen LogP contribution in [0.4, 0.5) is 0 Å². The third-order valence-electron chi connectivity index (χ3n) is 3.54. The molecule has 19 heavy (non-hydrogen) atoms. The topological polar surface area (TPSA) is 32.3 Å². The van der Waals surface area contributed by atoms with Gasteiger partial charge in [0, 0.05) is 18.1 Å². The highest BCUT2D eigenvalue weighted by molar-refractivity contribution is 6.31. The van der Waals surface area contributed by atoms with Crippen molar-refractivity contribution in [3.05, 3.63) is 34.9 Å². The van der Waals surface area contributed by atoms with Crippen molar-refractivity contribution >= 4 is 17.5 Å². The Kier molecular flexibility index (Phi) is 5.23. The molecule has 104 valence electrons. The minimum Gasteiger partial charge on any atom is -0.351 e. The molecule has 2 rings (SSSR count). The summed E-state index contributed by atoms with van der Waals surface area (Å²) >= 11 is 6.06. The summed E-state index contributed by atoms with van der Waals surface area (Å²) in [5, 5.41) is 3.64. The van der Waals surface area contributed by atoms with Gasteiger partial charge >= 0.3 is 0 Å². The van der Waals surface area contributed by atoms with Gasteiger partial charge in [0.05, 0.1) is 6.54 Å². The first-order valence-corrected chi connectivity index (χ1v) is 7.25. The van der Waals surface area contributed by atoms with E-state index in [-0.39, 0.29) is 5.91 Å². The van der Waals surface area contributed by atoms with E-state index < -0.39 is 0 Å². The first-order valence-electron chi connectivity index (χ1n) is 6.87. The van der Waals surface area contributed by atoms with Crippen LogP contribution in [0.5, 0.6) is 0 Å². The molecule has 0 spiro atoms. The lowest BCUT2D eigenvalue weighted by Crippen LogP contribution is -2.41. The summed E-state index contributed by atoms with van der Waals surface area (Å²) in [5.41, 5.74) is 0.963. The molecule has 1 aromatic carbocycles. The third kappa shape index (κ3) is 4.51. The smallest absolute Gasteiger partial charge is 0.234 e. The second kappa shape index (κ2) is 6.92. The van der Waals surface area contributed by atoms with Crippen LogP contribution in [-0.2, 0) is 11.3 Å². The Bertz CT molecular complexity index is 436. The van der Waals surface area contributed by atoms with Crippen molar-refractivity contribution in [2.45, 2.75) is 26.3 Å². The number of carbonyl (C=O) groups is 1. The normalized spacial score (nSPS) is 20.2. The molecule has 1 amide bonds. The second-order valence-corrected chi connectivity index (χ2v) is 5.76. The van der Waals surface area contributed by atoms with E-state index in [0.717, 1.165) is 18.7 Å². The molecule has 1 heterocycles. The zero-order valence-corrected chi connectivity index (χ0v) is 12.1. The molecule has 1 aliphatic rings. The second-order valence-electron chi connectivity index (χ2n) is 5.35. The lowest BCUT2D eigenvalue weighted by molar-refractivity contribution is -0.122. The highest BCUT2D eigenvalue weighted by Crippen LogP contribution is 2.15. The number of hydrogen-bond donors (Lipinski definition) is 1. The molecule has 0 unspecified atom stereocenters. The summed E-state index contributed by atoms with van der Waals surface area (Å²) in [4.78, 5) is 14.1. The number of piperidine rings is 1. The predicted molar refractivity (Wildman–Crippen MR) is 78.1 cm³/mol. The fraction of sp³-hybridized carbons (Fsp3) is 0.533. The monoisotopic (exact) mass is 280 g/mol. The van der Waals surface area contributed by atoms with Crippen molar-refractivity contribution in [3.63, 3.8) is 0 Å². The zero-order valence-electron chi connectivity index (χ0n) is 11.4. The Morgan fingerprint density at radius 3 is 3.00 bits per heavy atom. The van der Waals surface area contributed by atoms with Gasteiger partial charge in [0.25, 0.3) is 0 Å². The van der Waals surface area contributed by atoms with E-state index in [1.54, 1.807) is 0 Å². The van der Waals surface area contributed by atoms with Gasteiger partial charge in [0.1, 0.15) is 0 Å². The molecule has 0 bridgehead atoms. The molecular formula is C15H21ClN2O.